The van der Waals surface area contributed by atoms with Gasteiger partial charge in [-0.05, 0) is 79.6 Å². The van der Waals surface area contributed by atoms with Gasteiger partial charge in [-0.3, -0.25) is 19.0 Å². The van der Waals surface area contributed by atoms with Gasteiger partial charge in [0, 0.05) is 25.2 Å². The summed E-state index contributed by atoms with van der Waals surface area (Å²) in [5.74, 6) is -0.905. The third kappa shape index (κ3) is 9.25. The second-order valence-electron chi connectivity index (χ2n) is 10.2. The van der Waals surface area contributed by atoms with Gasteiger partial charge in [-0.15, -0.1) is 11.3 Å². The van der Waals surface area contributed by atoms with Gasteiger partial charge in [0.2, 0.25) is 21.8 Å². The molecule has 0 fully saturated rings. The lowest BCUT2D eigenvalue weighted by molar-refractivity contribution is -0.121. The SMILES string of the molecule is CCOC(=O)c1ccc(NC(=O)[C@@H](CC)Sc2nc3ccsc3c(=O)n2CCCC(=O)NCCc2ccc(S(N)(=O)=O)cc2)cc1. The van der Waals surface area contributed by atoms with Crippen LogP contribution < -0.4 is 21.3 Å². The van der Waals surface area contributed by atoms with Gasteiger partial charge in [-0.1, -0.05) is 30.8 Å². The van der Waals surface area contributed by atoms with E-state index < -0.39 is 21.2 Å². The fourth-order valence-electron chi connectivity index (χ4n) is 4.47. The molecule has 0 aliphatic carbocycles. The predicted molar refractivity (Wildman–Crippen MR) is 179 cm³/mol. The number of nitrogens with one attached hydrogen (secondary N) is 2. The summed E-state index contributed by atoms with van der Waals surface area (Å²) in [4.78, 5) is 55.8. The Kier molecular flexibility index (Phi) is 12.1. The molecule has 15 heteroatoms. The lowest BCUT2D eigenvalue weighted by Gasteiger charge is -2.17. The minimum Gasteiger partial charge on any atom is -0.462 e. The van der Waals surface area contributed by atoms with Crippen LogP contribution in [-0.2, 0) is 37.3 Å². The molecule has 2 heterocycles. The van der Waals surface area contributed by atoms with E-state index in [-0.39, 0.29) is 41.8 Å². The molecule has 0 saturated carbocycles. The van der Waals surface area contributed by atoms with Crippen LogP contribution in [-0.4, -0.2) is 54.2 Å². The summed E-state index contributed by atoms with van der Waals surface area (Å²) in [5, 5.41) is 12.4. The van der Waals surface area contributed by atoms with Gasteiger partial charge in [0.15, 0.2) is 5.16 Å². The zero-order chi connectivity index (χ0) is 33.3. The van der Waals surface area contributed by atoms with Crippen molar-refractivity contribution in [3.63, 3.8) is 0 Å². The molecule has 1 atom stereocenters. The number of primary sulfonamides is 1. The summed E-state index contributed by atoms with van der Waals surface area (Å²) in [6, 6.07) is 14.3. The number of esters is 1. The van der Waals surface area contributed by atoms with Crippen LogP contribution >= 0.6 is 23.1 Å². The Morgan fingerprint density at radius 3 is 2.43 bits per heavy atom. The van der Waals surface area contributed by atoms with Gasteiger partial charge < -0.3 is 15.4 Å². The highest BCUT2D eigenvalue weighted by atomic mass is 32.2. The van der Waals surface area contributed by atoms with E-state index in [2.05, 4.69) is 15.6 Å². The van der Waals surface area contributed by atoms with Crippen LogP contribution in [0.25, 0.3) is 10.2 Å². The normalized spacial score (nSPS) is 12.1. The standard InChI is InChI=1S/C31H35N5O7S3/c1-3-25(28(38)34-22-11-9-21(10-12-22)30(40)43-4-2)45-31-35-24-16-19-44-27(24)29(39)36(31)18-5-6-26(37)33-17-15-20-7-13-23(14-8-20)46(32,41)42/h7-14,16,19,25H,3-6,15,17-18H2,1-2H3,(H,33,37)(H,34,38)(H2,32,41,42)/t25-/m1/s1. The Balaban J connectivity index is 1.36. The number of amides is 2. The highest BCUT2D eigenvalue weighted by molar-refractivity contribution is 8.00. The van der Waals surface area contributed by atoms with Gasteiger partial charge in [-0.25, -0.2) is 23.3 Å². The number of anilines is 1. The van der Waals surface area contributed by atoms with Crippen LogP contribution in [0.3, 0.4) is 0 Å². The number of carbonyl (C=O) groups excluding carboxylic acids is 3. The molecule has 0 aliphatic heterocycles. The minimum atomic E-state index is -3.77. The largest absolute Gasteiger partial charge is 0.462 e. The first kappa shape index (κ1) is 34.8. The van der Waals surface area contributed by atoms with Crippen molar-refractivity contribution in [3.05, 3.63) is 81.5 Å². The molecule has 0 unspecified atom stereocenters. The molecule has 2 amide bonds. The average Bonchev–Trinajstić information content (AvgIpc) is 3.50. The predicted octanol–water partition coefficient (Wildman–Crippen LogP) is 3.93. The number of hydrogen-bond donors (Lipinski definition) is 3. The fourth-order valence-corrected chi connectivity index (χ4v) is 6.80. The van der Waals surface area contributed by atoms with Gasteiger partial charge in [0.05, 0.1) is 27.8 Å². The quantitative estimate of drug-likeness (QED) is 0.0950. The van der Waals surface area contributed by atoms with Crippen molar-refractivity contribution in [2.24, 2.45) is 5.14 Å². The van der Waals surface area contributed by atoms with Crippen LogP contribution in [0.4, 0.5) is 5.69 Å². The second kappa shape index (κ2) is 16.0. The minimum absolute atomic E-state index is 0.0243. The topological polar surface area (TPSA) is 180 Å². The number of fused-ring (bicyclic) bond motifs is 1. The molecule has 4 rings (SSSR count). The third-order valence-electron chi connectivity index (χ3n) is 6.88. The third-order valence-corrected chi connectivity index (χ3v) is 10.1. The first-order valence-electron chi connectivity index (χ1n) is 14.6. The highest BCUT2D eigenvalue weighted by Gasteiger charge is 2.23. The van der Waals surface area contributed by atoms with Gasteiger partial charge in [0.25, 0.3) is 5.56 Å². The first-order valence-corrected chi connectivity index (χ1v) is 17.9. The molecule has 12 nitrogen and oxygen atoms in total. The highest BCUT2D eigenvalue weighted by Crippen LogP contribution is 2.27. The number of thioether (sulfide) groups is 1. The van der Waals surface area contributed by atoms with Crippen molar-refractivity contribution in [1.82, 2.24) is 14.9 Å². The van der Waals surface area contributed by atoms with Gasteiger partial charge in [-0.2, -0.15) is 0 Å². The summed E-state index contributed by atoms with van der Waals surface area (Å²) < 4.78 is 29.9. The zero-order valence-corrected chi connectivity index (χ0v) is 27.8. The maximum Gasteiger partial charge on any atom is 0.338 e. The number of aromatic nitrogens is 2. The average molecular weight is 686 g/mol. The molecule has 4 N–H and O–H groups in total. The maximum absolute atomic E-state index is 13.4. The van der Waals surface area contributed by atoms with E-state index in [0.29, 0.717) is 52.4 Å². The van der Waals surface area contributed by atoms with Crippen LogP contribution in [0.15, 0.2) is 74.8 Å². The monoisotopic (exact) mass is 685 g/mol. The molecule has 2 aromatic carbocycles. The molecule has 0 aliphatic rings. The second-order valence-corrected chi connectivity index (χ2v) is 13.8. The number of nitrogens with zero attached hydrogens (tertiary/aromatic N) is 2. The van der Waals surface area contributed by atoms with E-state index in [1.165, 1.54) is 39.8 Å². The van der Waals surface area contributed by atoms with Gasteiger partial charge >= 0.3 is 5.97 Å². The van der Waals surface area contributed by atoms with E-state index in [1.807, 2.05) is 6.92 Å². The number of hydrogen-bond acceptors (Lipinski definition) is 10. The lowest BCUT2D eigenvalue weighted by Crippen LogP contribution is -2.29. The molecular weight excluding hydrogens is 651 g/mol. The first-order chi connectivity index (χ1) is 22.0. The van der Waals surface area contributed by atoms with E-state index >= 15 is 0 Å². The number of sulfonamides is 1. The van der Waals surface area contributed by atoms with E-state index in [0.717, 1.165) is 5.56 Å². The Morgan fingerprint density at radius 1 is 1.07 bits per heavy atom. The lowest BCUT2D eigenvalue weighted by atomic mass is 10.1. The molecule has 0 spiro atoms. The maximum atomic E-state index is 13.4. The van der Waals surface area contributed by atoms with Crippen molar-refractivity contribution in [2.75, 3.05) is 18.5 Å². The van der Waals surface area contributed by atoms with Crippen LogP contribution in [0.1, 0.15) is 49.0 Å². The van der Waals surface area contributed by atoms with Crippen molar-refractivity contribution >= 4 is 66.8 Å². The van der Waals surface area contributed by atoms with E-state index in [4.69, 9.17) is 9.88 Å². The molecule has 0 bridgehead atoms. The van der Waals surface area contributed by atoms with Crippen molar-refractivity contribution in [3.8, 4) is 0 Å². The van der Waals surface area contributed by atoms with Crippen molar-refractivity contribution < 1.29 is 27.5 Å². The molecule has 2 aromatic heterocycles. The molecular formula is C31H35N5O7S3. The molecule has 46 heavy (non-hydrogen) atoms. The summed E-state index contributed by atoms with van der Waals surface area (Å²) >= 11 is 2.48. The Labute approximate surface area is 274 Å². The molecule has 0 radical (unpaired) electrons. The molecule has 0 saturated heterocycles. The summed E-state index contributed by atoms with van der Waals surface area (Å²) in [6.07, 6.45) is 1.51. The fraction of sp³-hybridized carbons (Fsp3) is 0.323. The van der Waals surface area contributed by atoms with Crippen LogP contribution in [0.5, 0.6) is 0 Å². The smallest absolute Gasteiger partial charge is 0.338 e. The number of ether oxygens (including phenoxy) is 1. The van der Waals surface area contributed by atoms with Crippen molar-refractivity contribution in [2.45, 2.75) is 61.4 Å². The summed E-state index contributed by atoms with van der Waals surface area (Å²) in [6.45, 7) is 4.45. The van der Waals surface area contributed by atoms with Crippen LogP contribution in [0.2, 0.25) is 0 Å². The van der Waals surface area contributed by atoms with Gasteiger partial charge in [0.1, 0.15) is 4.70 Å². The summed E-state index contributed by atoms with van der Waals surface area (Å²) in [5.41, 5.74) is 2.06. The molecule has 4 aromatic rings. The molecule has 244 valence electrons. The Morgan fingerprint density at radius 2 is 1.78 bits per heavy atom. The summed E-state index contributed by atoms with van der Waals surface area (Å²) in [7, 11) is -3.77. The number of carbonyl (C=O) groups is 3. The number of thiophene rings is 1. The zero-order valence-electron chi connectivity index (χ0n) is 25.4. The Bertz CT molecular complexity index is 1850. The van der Waals surface area contributed by atoms with Crippen molar-refractivity contribution in [1.29, 1.82) is 0 Å². The Hall–Kier alpha value is -4.05. The van der Waals surface area contributed by atoms with E-state index in [1.54, 1.807) is 54.8 Å². The number of rotatable bonds is 15. The van der Waals surface area contributed by atoms with Crippen LogP contribution in [0, 0.1) is 0 Å². The van der Waals surface area contributed by atoms with E-state index in [9.17, 15) is 27.6 Å². The number of nitrogens with two attached hydrogens (primary N) is 1. The number of benzene rings is 2.